The van der Waals surface area contributed by atoms with Crippen molar-refractivity contribution in [3.63, 3.8) is 0 Å². The van der Waals surface area contributed by atoms with Crippen LogP contribution in [0.25, 0.3) is 11.0 Å². The average Bonchev–Trinajstić information content (AvgIpc) is 3.09. The van der Waals surface area contributed by atoms with Crippen molar-refractivity contribution in [3.8, 4) is 0 Å². The highest BCUT2D eigenvalue weighted by atomic mass is 16.6. The molecule has 1 fully saturated rings. The highest BCUT2D eigenvalue weighted by Crippen LogP contribution is 2.29. The van der Waals surface area contributed by atoms with E-state index in [0.29, 0.717) is 30.3 Å². The van der Waals surface area contributed by atoms with E-state index in [1.165, 1.54) is 17.0 Å². The zero-order valence-electron chi connectivity index (χ0n) is 17.3. The molecule has 1 aliphatic heterocycles. The highest BCUT2D eigenvalue weighted by Gasteiger charge is 2.37. The van der Waals surface area contributed by atoms with E-state index in [-0.39, 0.29) is 16.8 Å². The molecule has 1 atom stereocenters. The summed E-state index contributed by atoms with van der Waals surface area (Å²) in [6.07, 6.45) is 0.447. The fraction of sp³-hybridized carbons (Fsp3) is 0.429. The number of likely N-dealkylation sites (tertiary alicyclic amines) is 1. The van der Waals surface area contributed by atoms with E-state index in [2.05, 4.69) is 5.32 Å². The van der Waals surface area contributed by atoms with Crippen molar-refractivity contribution >= 4 is 34.6 Å². The molecule has 1 aliphatic rings. The van der Waals surface area contributed by atoms with Crippen LogP contribution >= 0.6 is 0 Å². The van der Waals surface area contributed by atoms with E-state index in [0.717, 1.165) is 0 Å². The molecule has 30 heavy (non-hydrogen) atoms. The summed E-state index contributed by atoms with van der Waals surface area (Å²) in [5, 5.41) is 12.7. The van der Waals surface area contributed by atoms with Gasteiger partial charge in [-0.1, -0.05) is 0 Å². The lowest BCUT2D eigenvalue weighted by Gasteiger charge is -2.28. The Hall–Kier alpha value is -3.36. The Kier molecular flexibility index (Phi) is 5.56. The Bertz CT molecular complexity index is 1080. The number of hydrogen-bond donors (Lipinski definition) is 2. The first-order valence-electron chi connectivity index (χ1n) is 9.59. The van der Waals surface area contributed by atoms with E-state index in [1.807, 2.05) is 0 Å². The fourth-order valence-electron chi connectivity index (χ4n) is 3.49. The van der Waals surface area contributed by atoms with Crippen molar-refractivity contribution in [2.24, 2.45) is 0 Å². The number of rotatable bonds is 3. The minimum absolute atomic E-state index is 0.00945. The second-order valence-corrected chi connectivity index (χ2v) is 8.24. The molecule has 1 saturated heterocycles. The van der Waals surface area contributed by atoms with Gasteiger partial charge in [0.25, 0.3) is 0 Å². The molecule has 9 nitrogen and oxygen atoms in total. The van der Waals surface area contributed by atoms with Crippen molar-refractivity contribution in [1.29, 1.82) is 0 Å². The third-order valence-electron chi connectivity index (χ3n) is 4.77. The van der Waals surface area contributed by atoms with E-state index in [4.69, 9.17) is 9.15 Å². The standard InChI is InChI=1S/C21H24N2O7/c1-11-10-15(24)29-17-12(11)7-8-13(16(17)19(26)27)22-18(25)14-6-5-9-23(14)20(28)30-21(2,3)4/h7-8,10,14H,5-6,9H2,1-4H3,(H,22,25)(H,26,27)/t14-/m0/s1. The van der Waals surface area contributed by atoms with Crippen LogP contribution in [-0.2, 0) is 9.53 Å². The molecule has 0 radical (unpaired) electrons. The first-order valence-corrected chi connectivity index (χ1v) is 9.59. The predicted molar refractivity (Wildman–Crippen MR) is 109 cm³/mol. The first-order chi connectivity index (χ1) is 14.0. The van der Waals surface area contributed by atoms with E-state index < -0.39 is 35.2 Å². The SMILES string of the molecule is Cc1cc(=O)oc2c(C(=O)O)c(NC(=O)[C@@H]3CCCN3C(=O)OC(C)(C)C)ccc12. The number of carbonyl (C=O) groups is 3. The van der Waals surface area contributed by atoms with E-state index in [9.17, 15) is 24.3 Å². The number of benzene rings is 1. The summed E-state index contributed by atoms with van der Waals surface area (Å²) in [7, 11) is 0. The van der Waals surface area contributed by atoms with Gasteiger partial charge in [-0.3, -0.25) is 9.69 Å². The summed E-state index contributed by atoms with van der Waals surface area (Å²) in [6, 6.07) is 3.50. The molecule has 9 heteroatoms. The van der Waals surface area contributed by atoms with Crippen molar-refractivity contribution in [3.05, 3.63) is 39.7 Å². The Morgan fingerprint density at radius 2 is 1.97 bits per heavy atom. The molecular formula is C21H24N2O7. The van der Waals surface area contributed by atoms with Gasteiger partial charge >= 0.3 is 17.7 Å². The molecule has 1 aromatic carbocycles. The summed E-state index contributed by atoms with van der Waals surface area (Å²) in [4.78, 5) is 50.3. The van der Waals surface area contributed by atoms with E-state index in [1.54, 1.807) is 33.8 Å². The van der Waals surface area contributed by atoms with Gasteiger partial charge in [0.05, 0.1) is 5.69 Å². The topological polar surface area (TPSA) is 126 Å². The summed E-state index contributed by atoms with van der Waals surface area (Å²) in [6.45, 7) is 7.24. The summed E-state index contributed by atoms with van der Waals surface area (Å²) in [5.41, 5.74) is -1.26. The van der Waals surface area contributed by atoms with Crippen molar-refractivity contribution in [2.45, 2.75) is 52.2 Å². The maximum absolute atomic E-state index is 12.9. The third-order valence-corrected chi connectivity index (χ3v) is 4.77. The zero-order valence-corrected chi connectivity index (χ0v) is 17.3. The number of nitrogens with zero attached hydrogens (tertiary/aromatic N) is 1. The van der Waals surface area contributed by atoms with Crippen LogP contribution in [0.15, 0.2) is 27.4 Å². The van der Waals surface area contributed by atoms with Crippen LogP contribution in [-0.4, -0.2) is 46.2 Å². The lowest BCUT2D eigenvalue weighted by atomic mass is 10.0. The van der Waals surface area contributed by atoms with Gasteiger partial charge in [-0.05, 0) is 58.2 Å². The van der Waals surface area contributed by atoms with Crippen molar-refractivity contribution in [1.82, 2.24) is 4.90 Å². The molecule has 2 amide bonds. The summed E-state index contributed by atoms with van der Waals surface area (Å²) in [5.74, 6) is -1.88. The predicted octanol–water partition coefficient (Wildman–Crippen LogP) is 3.14. The van der Waals surface area contributed by atoms with Crippen molar-refractivity contribution in [2.75, 3.05) is 11.9 Å². The Labute approximate surface area is 172 Å². The van der Waals surface area contributed by atoms with Gasteiger partial charge in [-0.25, -0.2) is 14.4 Å². The van der Waals surface area contributed by atoms with Crippen LogP contribution in [0.1, 0.15) is 49.5 Å². The monoisotopic (exact) mass is 416 g/mol. The normalized spacial score (nSPS) is 16.5. The van der Waals surface area contributed by atoms with Gasteiger partial charge in [0, 0.05) is 18.0 Å². The number of carbonyl (C=O) groups excluding carboxylic acids is 2. The zero-order chi connectivity index (χ0) is 22.2. The van der Waals surface area contributed by atoms with Gasteiger partial charge in [0.1, 0.15) is 17.2 Å². The number of hydrogen-bond acceptors (Lipinski definition) is 6. The number of amides is 2. The second kappa shape index (κ2) is 7.81. The molecule has 2 aromatic rings. The molecule has 2 N–H and O–H groups in total. The van der Waals surface area contributed by atoms with Crippen LogP contribution in [0.3, 0.4) is 0 Å². The molecule has 160 valence electrons. The number of fused-ring (bicyclic) bond motifs is 1. The van der Waals surface area contributed by atoms with Gasteiger partial charge < -0.3 is 19.6 Å². The lowest BCUT2D eigenvalue weighted by Crippen LogP contribution is -2.45. The number of aryl methyl sites for hydroxylation is 1. The number of nitrogens with one attached hydrogen (secondary N) is 1. The van der Waals surface area contributed by atoms with Crippen molar-refractivity contribution < 1.29 is 28.6 Å². The van der Waals surface area contributed by atoms with Crippen LogP contribution in [0.4, 0.5) is 10.5 Å². The van der Waals surface area contributed by atoms with Gasteiger partial charge in [0.2, 0.25) is 5.91 Å². The molecule has 0 saturated carbocycles. The maximum Gasteiger partial charge on any atom is 0.410 e. The number of carboxylic acids is 1. The van der Waals surface area contributed by atoms with E-state index >= 15 is 0 Å². The van der Waals surface area contributed by atoms with Gasteiger partial charge in [0.15, 0.2) is 5.58 Å². The fourth-order valence-corrected chi connectivity index (χ4v) is 3.49. The van der Waals surface area contributed by atoms with Crippen LogP contribution in [0, 0.1) is 6.92 Å². The molecule has 2 heterocycles. The summed E-state index contributed by atoms with van der Waals surface area (Å²) < 4.78 is 10.5. The molecule has 0 unspecified atom stereocenters. The number of anilines is 1. The van der Waals surface area contributed by atoms with Gasteiger partial charge in [-0.2, -0.15) is 0 Å². The first kappa shape index (κ1) is 21.4. The van der Waals surface area contributed by atoms with Crippen LogP contribution in [0.2, 0.25) is 0 Å². The Morgan fingerprint density at radius 1 is 1.27 bits per heavy atom. The largest absolute Gasteiger partial charge is 0.477 e. The quantitative estimate of drug-likeness (QED) is 0.736. The number of ether oxygens (including phenoxy) is 1. The average molecular weight is 416 g/mol. The smallest absolute Gasteiger partial charge is 0.410 e. The van der Waals surface area contributed by atoms with Crippen LogP contribution < -0.4 is 10.9 Å². The van der Waals surface area contributed by atoms with Gasteiger partial charge in [-0.15, -0.1) is 0 Å². The minimum Gasteiger partial charge on any atom is -0.477 e. The van der Waals surface area contributed by atoms with Crippen LogP contribution in [0.5, 0.6) is 0 Å². The molecule has 3 rings (SSSR count). The highest BCUT2D eigenvalue weighted by molar-refractivity contribution is 6.10. The minimum atomic E-state index is -1.35. The second-order valence-electron chi connectivity index (χ2n) is 8.24. The Morgan fingerprint density at radius 3 is 2.60 bits per heavy atom. The maximum atomic E-state index is 12.9. The lowest BCUT2D eigenvalue weighted by molar-refractivity contribution is -0.120. The molecule has 0 spiro atoms. The summed E-state index contributed by atoms with van der Waals surface area (Å²) >= 11 is 0. The Balaban J connectivity index is 1.93. The molecular weight excluding hydrogens is 392 g/mol. The number of carboxylic acid groups (broad SMARTS) is 1. The molecule has 0 bridgehead atoms. The molecule has 0 aliphatic carbocycles. The molecule has 1 aromatic heterocycles. The third kappa shape index (κ3) is 4.29. The number of aromatic carboxylic acids is 1.